The zero-order chi connectivity index (χ0) is 28.9. The van der Waals surface area contributed by atoms with Crippen LogP contribution in [0.15, 0.2) is 75.9 Å². The maximum atomic E-state index is 13.8. The molecule has 9 nitrogen and oxygen atoms in total. The molecule has 0 saturated carbocycles. The molecule has 1 N–H and O–H groups in total. The fraction of sp³-hybridized carbons (Fsp3) is 0.179. The smallest absolute Gasteiger partial charge is 0.453 e. The molecule has 40 heavy (non-hydrogen) atoms. The first-order valence-corrected chi connectivity index (χ1v) is 11.8. The van der Waals surface area contributed by atoms with Crippen LogP contribution < -0.4 is 25.0 Å². The summed E-state index contributed by atoms with van der Waals surface area (Å²) < 4.78 is 67.0. The van der Waals surface area contributed by atoms with Crippen molar-refractivity contribution in [3.63, 3.8) is 0 Å². The maximum Gasteiger partial charge on any atom is 0.453 e. The first kappa shape index (κ1) is 28.0. The summed E-state index contributed by atoms with van der Waals surface area (Å²) in [5.74, 6) is -3.32. The van der Waals surface area contributed by atoms with Crippen molar-refractivity contribution in [2.24, 2.45) is 0 Å². The van der Waals surface area contributed by atoms with E-state index >= 15 is 0 Å². The molecule has 1 heterocycles. The van der Waals surface area contributed by atoms with Gasteiger partial charge >= 0.3 is 12.1 Å². The van der Waals surface area contributed by atoms with E-state index in [1.54, 1.807) is 6.92 Å². The molecule has 208 valence electrons. The molecule has 12 heteroatoms. The summed E-state index contributed by atoms with van der Waals surface area (Å²) in [4.78, 5) is 37.0. The molecule has 4 rings (SSSR count). The molecule has 3 aromatic carbocycles. The number of nitrogens with one attached hydrogen (secondary N) is 1. The lowest BCUT2D eigenvalue weighted by molar-refractivity contribution is -0.154. The second-order valence-corrected chi connectivity index (χ2v) is 8.16. The largest absolute Gasteiger partial charge is 0.497 e. The lowest BCUT2D eigenvalue weighted by atomic mass is 10.2. The Balaban J connectivity index is 1.51. The number of fused-ring (bicyclic) bond motifs is 1. The van der Waals surface area contributed by atoms with Gasteiger partial charge in [-0.2, -0.15) is 13.2 Å². The monoisotopic (exact) mass is 557 g/mol. The third-order valence-corrected chi connectivity index (χ3v) is 5.41. The number of ether oxygens (including phenoxy) is 4. The highest BCUT2D eigenvalue weighted by Gasteiger charge is 2.40. The van der Waals surface area contributed by atoms with Crippen molar-refractivity contribution in [1.82, 2.24) is 0 Å². The van der Waals surface area contributed by atoms with Gasteiger partial charge in [-0.15, -0.1) is 0 Å². The SMILES string of the molecule is CCOC(=O)c1ccc(NC(=O)COc2ccc3c(=O)c(Oc4ccc(OC)cc4)c(C(F)(F)F)oc3c2)cc1. The highest BCUT2D eigenvalue weighted by Crippen LogP contribution is 2.38. The number of carbonyl (C=O) groups is 2. The molecule has 0 aliphatic carbocycles. The normalized spacial score (nSPS) is 11.1. The number of alkyl halides is 3. The van der Waals surface area contributed by atoms with Crippen LogP contribution >= 0.6 is 0 Å². The third kappa shape index (κ3) is 6.52. The van der Waals surface area contributed by atoms with Gasteiger partial charge in [0.05, 0.1) is 24.7 Å². The molecular formula is C28H22F3NO8. The molecule has 0 aliphatic rings. The van der Waals surface area contributed by atoms with Crippen molar-refractivity contribution in [1.29, 1.82) is 0 Å². The van der Waals surface area contributed by atoms with Gasteiger partial charge in [0.2, 0.25) is 11.2 Å². The van der Waals surface area contributed by atoms with Crippen LogP contribution in [0.4, 0.5) is 18.9 Å². The molecule has 1 aromatic heterocycles. The molecule has 0 fully saturated rings. The summed E-state index contributed by atoms with van der Waals surface area (Å²) in [7, 11) is 1.42. The summed E-state index contributed by atoms with van der Waals surface area (Å²) in [5.41, 5.74) is -0.762. The first-order valence-electron chi connectivity index (χ1n) is 11.8. The number of halogens is 3. The van der Waals surface area contributed by atoms with Crippen LogP contribution in [0.3, 0.4) is 0 Å². The number of amides is 1. The highest BCUT2D eigenvalue weighted by molar-refractivity contribution is 5.93. The average Bonchev–Trinajstić information content (AvgIpc) is 2.93. The van der Waals surface area contributed by atoms with E-state index in [0.29, 0.717) is 17.0 Å². The number of methoxy groups -OCH3 is 1. The number of benzene rings is 3. The molecule has 0 bridgehead atoms. The van der Waals surface area contributed by atoms with Gasteiger partial charge in [-0.05, 0) is 67.6 Å². The topological polar surface area (TPSA) is 113 Å². The van der Waals surface area contributed by atoms with Gasteiger partial charge in [0.1, 0.15) is 22.8 Å². The van der Waals surface area contributed by atoms with Crippen LogP contribution in [0.25, 0.3) is 11.0 Å². The van der Waals surface area contributed by atoms with Crippen molar-refractivity contribution in [2.45, 2.75) is 13.1 Å². The maximum absolute atomic E-state index is 13.8. The Bertz CT molecular complexity index is 1580. The fourth-order valence-electron chi connectivity index (χ4n) is 3.54. The number of hydrogen-bond acceptors (Lipinski definition) is 8. The molecular weight excluding hydrogens is 535 g/mol. The van der Waals surface area contributed by atoms with Gasteiger partial charge in [0.25, 0.3) is 11.7 Å². The van der Waals surface area contributed by atoms with Crippen LogP contribution in [-0.2, 0) is 15.7 Å². The number of esters is 1. The Kier molecular flexibility index (Phi) is 8.27. The Hall–Kier alpha value is -5.00. The summed E-state index contributed by atoms with van der Waals surface area (Å²) in [5, 5.41) is 2.38. The van der Waals surface area contributed by atoms with Gasteiger partial charge in [0.15, 0.2) is 6.61 Å². The Morgan fingerprint density at radius 3 is 2.20 bits per heavy atom. The molecule has 0 spiro atoms. The van der Waals surface area contributed by atoms with Crippen LogP contribution in [0.1, 0.15) is 23.0 Å². The van der Waals surface area contributed by atoms with Crippen LogP contribution in [0.2, 0.25) is 0 Å². The summed E-state index contributed by atoms with van der Waals surface area (Å²) in [6.07, 6.45) is -5.05. The van der Waals surface area contributed by atoms with E-state index in [-0.39, 0.29) is 23.5 Å². The van der Waals surface area contributed by atoms with Gasteiger partial charge in [0, 0.05) is 11.8 Å². The Morgan fingerprint density at radius 1 is 0.925 bits per heavy atom. The lowest BCUT2D eigenvalue weighted by Gasteiger charge is -2.14. The number of rotatable bonds is 9. The first-order chi connectivity index (χ1) is 19.1. The van der Waals surface area contributed by atoms with Crippen molar-refractivity contribution < 1.29 is 46.1 Å². The third-order valence-electron chi connectivity index (χ3n) is 5.41. The van der Waals surface area contributed by atoms with Gasteiger partial charge in [-0.1, -0.05) is 0 Å². The number of anilines is 1. The van der Waals surface area contributed by atoms with E-state index in [4.69, 9.17) is 23.4 Å². The van der Waals surface area contributed by atoms with E-state index in [0.717, 1.165) is 6.07 Å². The van der Waals surface area contributed by atoms with E-state index in [1.807, 2.05) is 0 Å². The summed E-state index contributed by atoms with van der Waals surface area (Å²) >= 11 is 0. The Labute approximate surface area is 225 Å². The zero-order valence-electron chi connectivity index (χ0n) is 21.2. The van der Waals surface area contributed by atoms with Gasteiger partial charge in [-0.3, -0.25) is 9.59 Å². The standard InChI is InChI=1S/C28H22F3NO8/c1-3-37-27(35)16-4-6-17(7-5-16)32-23(33)15-38-20-12-13-21-22(14-20)40-26(28(29,30)31)25(24(21)34)39-19-10-8-18(36-2)9-11-19/h4-14H,3,15H2,1-2H3,(H,32,33). The molecule has 1 amide bonds. The van der Waals surface area contributed by atoms with Crippen molar-refractivity contribution in [3.05, 3.63) is 88.3 Å². The second kappa shape index (κ2) is 11.8. The van der Waals surface area contributed by atoms with Gasteiger partial charge < -0.3 is 28.7 Å². The van der Waals surface area contributed by atoms with Crippen LogP contribution in [-0.4, -0.2) is 32.2 Å². The lowest BCUT2D eigenvalue weighted by Crippen LogP contribution is -2.20. The minimum absolute atomic E-state index is 0.0135. The van der Waals surface area contributed by atoms with Crippen molar-refractivity contribution in [2.75, 3.05) is 25.6 Å². The minimum atomic E-state index is -5.05. The predicted octanol–water partition coefficient (Wildman–Crippen LogP) is 5.81. The fourth-order valence-corrected chi connectivity index (χ4v) is 3.54. The second-order valence-electron chi connectivity index (χ2n) is 8.16. The highest BCUT2D eigenvalue weighted by atomic mass is 19.4. The van der Waals surface area contributed by atoms with E-state index in [9.17, 15) is 27.6 Å². The summed E-state index contributed by atoms with van der Waals surface area (Å²) in [6.45, 7) is 1.41. The van der Waals surface area contributed by atoms with Crippen molar-refractivity contribution >= 4 is 28.5 Å². The van der Waals surface area contributed by atoms with E-state index in [2.05, 4.69) is 5.32 Å². The number of hydrogen-bond donors (Lipinski definition) is 1. The van der Waals surface area contributed by atoms with Crippen LogP contribution in [0.5, 0.6) is 23.0 Å². The van der Waals surface area contributed by atoms with E-state index < -0.39 is 47.2 Å². The molecule has 0 atom stereocenters. The molecule has 0 saturated heterocycles. The summed E-state index contributed by atoms with van der Waals surface area (Å²) in [6, 6.07) is 15.2. The predicted molar refractivity (Wildman–Crippen MR) is 137 cm³/mol. The quantitative estimate of drug-likeness (QED) is 0.257. The average molecular weight is 557 g/mol. The molecule has 4 aromatic rings. The zero-order valence-corrected chi connectivity index (χ0v) is 21.2. The molecule has 0 radical (unpaired) electrons. The van der Waals surface area contributed by atoms with E-state index in [1.165, 1.54) is 67.8 Å². The van der Waals surface area contributed by atoms with Crippen molar-refractivity contribution in [3.8, 4) is 23.0 Å². The van der Waals surface area contributed by atoms with Gasteiger partial charge in [-0.25, -0.2) is 4.79 Å². The Morgan fingerprint density at radius 2 is 1.57 bits per heavy atom. The molecule has 0 aliphatic heterocycles. The number of carbonyl (C=O) groups excluding carboxylic acids is 2. The van der Waals surface area contributed by atoms with Crippen LogP contribution in [0, 0.1) is 0 Å². The molecule has 0 unspecified atom stereocenters. The minimum Gasteiger partial charge on any atom is -0.497 e.